The molecule has 6 rings (SSSR count). The van der Waals surface area contributed by atoms with Gasteiger partial charge in [-0.05, 0) is 36.4 Å². The Labute approximate surface area is 240 Å². The van der Waals surface area contributed by atoms with Gasteiger partial charge in [-0.1, -0.05) is 12.1 Å². The fourth-order valence-electron chi connectivity index (χ4n) is 4.81. The maximum absolute atomic E-state index is 13.2. The molecular weight excluding hydrogens is 566 g/mol. The second kappa shape index (κ2) is 11.4. The number of anilines is 1. The van der Waals surface area contributed by atoms with Crippen LogP contribution in [0.2, 0.25) is 0 Å². The molecule has 2 saturated heterocycles. The predicted molar refractivity (Wildman–Crippen MR) is 152 cm³/mol. The first kappa shape index (κ1) is 27.6. The number of carbonyl (C=O) groups is 1. The smallest absolute Gasteiger partial charge is 0.295 e. The van der Waals surface area contributed by atoms with E-state index in [0.29, 0.717) is 43.7 Å². The van der Waals surface area contributed by atoms with Crippen molar-refractivity contribution in [2.24, 2.45) is 0 Å². The molecule has 218 valence electrons. The van der Waals surface area contributed by atoms with Crippen LogP contribution in [0.3, 0.4) is 0 Å². The third-order valence-corrected chi connectivity index (χ3v) is 8.50. The summed E-state index contributed by atoms with van der Waals surface area (Å²) in [5, 5.41) is 14.5. The second-order valence-electron chi connectivity index (χ2n) is 9.88. The lowest BCUT2D eigenvalue weighted by Crippen LogP contribution is -2.57. The number of hydrazine groups is 1. The van der Waals surface area contributed by atoms with Crippen LogP contribution < -0.4 is 14.9 Å². The summed E-state index contributed by atoms with van der Waals surface area (Å²) in [6, 6.07) is 13.5. The SMILES string of the molecule is O=C(NS(=O)(=O)c1ccc(NN2CCN(C3COC3)CC2)c([N+](=O)[O-])c1)c1ccccc1Oc1cnc2[nH]ccc2c1. The number of hydrogen-bond donors (Lipinski definition) is 3. The summed E-state index contributed by atoms with van der Waals surface area (Å²) in [6.45, 7) is 4.23. The number of fused-ring (bicyclic) bond motifs is 1. The van der Waals surface area contributed by atoms with Gasteiger partial charge in [0.25, 0.3) is 21.6 Å². The highest BCUT2D eigenvalue weighted by Crippen LogP contribution is 2.30. The number of nitrogens with zero attached hydrogens (tertiary/aromatic N) is 4. The molecule has 0 radical (unpaired) electrons. The van der Waals surface area contributed by atoms with Gasteiger partial charge in [0.15, 0.2) is 0 Å². The Morgan fingerprint density at radius 3 is 2.62 bits per heavy atom. The summed E-state index contributed by atoms with van der Waals surface area (Å²) in [5.74, 6) is -0.499. The van der Waals surface area contributed by atoms with Gasteiger partial charge in [-0.15, -0.1) is 0 Å². The Hall–Kier alpha value is -4.57. The lowest BCUT2D eigenvalue weighted by molar-refractivity contribution is -0.384. The Bertz CT molecular complexity index is 1750. The minimum absolute atomic E-state index is 0.0457. The number of aromatic amines is 1. The van der Waals surface area contributed by atoms with Gasteiger partial charge in [0, 0.05) is 43.8 Å². The average molecular weight is 594 g/mol. The number of nitro groups is 1. The predicted octanol–water partition coefficient (Wildman–Crippen LogP) is 2.73. The lowest BCUT2D eigenvalue weighted by Gasteiger charge is -2.42. The zero-order chi connectivity index (χ0) is 29.3. The second-order valence-corrected chi connectivity index (χ2v) is 11.6. The molecule has 4 heterocycles. The first-order valence-electron chi connectivity index (χ1n) is 13.2. The van der Waals surface area contributed by atoms with Crippen LogP contribution in [0.5, 0.6) is 11.5 Å². The van der Waals surface area contributed by atoms with E-state index in [-0.39, 0.29) is 17.0 Å². The normalized spacial score (nSPS) is 16.6. The highest BCUT2D eigenvalue weighted by atomic mass is 32.2. The molecule has 2 aromatic carbocycles. The lowest BCUT2D eigenvalue weighted by atomic mass is 10.2. The molecule has 1 amide bonds. The molecule has 0 atom stereocenters. The first-order chi connectivity index (χ1) is 20.3. The van der Waals surface area contributed by atoms with E-state index in [1.807, 2.05) is 15.8 Å². The number of piperazine rings is 1. The van der Waals surface area contributed by atoms with Crippen LogP contribution >= 0.6 is 0 Å². The molecule has 0 unspecified atom stereocenters. The van der Waals surface area contributed by atoms with Crippen molar-refractivity contribution in [3.05, 3.63) is 82.7 Å². The van der Waals surface area contributed by atoms with Gasteiger partial charge in [0.2, 0.25) is 0 Å². The summed E-state index contributed by atoms with van der Waals surface area (Å²) < 4.78 is 39.4. The van der Waals surface area contributed by atoms with Crippen molar-refractivity contribution < 1.29 is 27.6 Å². The van der Waals surface area contributed by atoms with Crippen molar-refractivity contribution in [1.29, 1.82) is 0 Å². The zero-order valence-electron chi connectivity index (χ0n) is 22.2. The number of pyridine rings is 1. The topological polar surface area (TPSA) is 172 Å². The molecule has 4 aromatic rings. The number of ether oxygens (including phenoxy) is 2. The molecule has 3 N–H and O–H groups in total. The van der Waals surface area contributed by atoms with Crippen LogP contribution in [0, 0.1) is 10.1 Å². The van der Waals surface area contributed by atoms with E-state index in [0.717, 1.165) is 24.5 Å². The zero-order valence-corrected chi connectivity index (χ0v) is 23.0. The Morgan fingerprint density at radius 1 is 1.10 bits per heavy atom. The number of carbonyl (C=O) groups excluding carboxylic acids is 1. The number of rotatable bonds is 9. The average Bonchev–Trinajstić information content (AvgIpc) is 3.41. The maximum atomic E-state index is 13.2. The number of H-pyrrole nitrogens is 1. The van der Waals surface area contributed by atoms with Crippen LogP contribution in [0.15, 0.2) is 71.9 Å². The van der Waals surface area contributed by atoms with Crippen molar-refractivity contribution in [3.8, 4) is 11.5 Å². The van der Waals surface area contributed by atoms with Crippen LogP contribution in [0.25, 0.3) is 11.0 Å². The summed E-state index contributed by atoms with van der Waals surface area (Å²) in [5.41, 5.74) is 3.37. The number of benzene rings is 2. The van der Waals surface area contributed by atoms with Crippen molar-refractivity contribution >= 4 is 38.3 Å². The van der Waals surface area contributed by atoms with E-state index in [1.54, 1.807) is 24.4 Å². The molecule has 2 fully saturated rings. The molecular formula is C27H27N7O7S. The summed E-state index contributed by atoms with van der Waals surface area (Å²) in [6.07, 6.45) is 3.20. The number of amides is 1. The van der Waals surface area contributed by atoms with E-state index in [9.17, 15) is 23.3 Å². The van der Waals surface area contributed by atoms with Gasteiger partial charge in [0.1, 0.15) is 22.8 Å². The quantitative estimate of drug-likeness (QED) is 0.192. The standard InChI is InChI=1S/C27H27N7O7S/c35-27(22-3-1-2-4-25(22)41-20-13-18-7-8-28-26(18)29-15-20)31-42(38,39)21-5-6-23(24(14-21)34(36)37)30-33-11-9-32(10-12-33)19-16-40-17-19/h1-8,13-15,19,30H,9-12,16-17H2,(H,28,29)(H,31,35). The molecule has 0 bridgehead atoms. The number of hydrogen-bond acceptors (Lipinski definition) is 11. The van der Waals surface area contributed by atoms with Crippen LogP contribution in [0.1, 0.15) is 10.4 Å². The van der Waals surface area contributed by atoms with E-state index in [2.05, 4.69) is 20.3 Å². The largest absolute Gasteiger partial charge is 0.455 e. The number of nitro benzene ring substituents is 1. The summed E-state index contributed by atoms with van der Waals surface area (Å²) in [7, 11) is -4.47. The molecule has 15 heteroatoms. The number of sulfonamides is 1. The van der Waals surface area contributed by atoms with E-state index < -0.39 is 31.4 Å². The molecule has 0 spiro atoms. The fourth-order valence-corrected chi connectivity index (χ4v) is 5.79. The van der Waals surface area contributed by atoms with Crippen LogP contribution in [-0.4, -0.2) is 84.6 Å². The summed E-state index contributed by atoms with van der Waals surface area (Å²) in [4.78, 5) is 33.4. The maximum Gasteiger partial charge on any atom is 0.295 e. The molecule has 14 nitrogen and oxygen atoms in total. The molecule has 42 heavy (non-hydrogen) atoms. The minimum atomic E-state index is -4.47. The molecule has 2 aromatic heterocycles. The third-order valence-electron chi connectivity index (χ3n) is 7.17. The van der Waals surface area contributed by atoms with Gasteiger partial charge < -0.3 is 19.9 Å². The Balaban J connectivity index is 1.16. The summed E-state index contributed by atoms with van der Waals surface area (Å²) >= 11 is 0. The van der Waals surface area contributed by atoms with E-state index in [4.69, 9.17) is 9.47 Å². The van der Waals surface area contributed by atoms with Gasteiger partial charge >= 0.3 is 0 Å². The van der Waals surface area contributed by atoms with Gasteiger partial charge in [-0.2, -0.15) is 0 Å². The van der Waals surface area contributed by atoms with Gasteiger partial charge in [-0.3, -0.25) is 19.8 Å². The van der Waals surface area contributed by atoms with Crippen molar-refractivity contribution in [1.82, 2.24) is 24.6 Å². The molecule has 0 aliphatic carbocycles. The van der Waals surface area contributed by atoms with E-state index >= 15 is 0 Å². The van der Waals surface area contributed by atoms with Crippen molar-refractivity contribution in [3.63, 3.8) is 0 Å². The molecule has 0 saturated carbocycles. The van der Waals surface area contributed by atoms with Gasteiger partial charge in [0.05, 0.1) is 40.8 Å². The van der Waals surface area contributed by atoms with Gasteiger partial charge in [-0.25, -0.2) is 23.1 Å². The fraction of sp³-hybridized carbons (Fsp3) is 0.259. The van der Waals surface area contributed by atoms with E-state index in [1.165, 1.54) is 30.5 Å². The number of aromatic nitrogens is 2. The Kier molecular flexibility index (Phi) is 7.47. The molecule has 2 aliphatic heterocycles. The highest BCUT2D eigenvalue weighted by molar-refractivity contribution is 7.90. The third kappa shape index (κ3) is 5.75. The van der Waals surface area contributed by atoms with Crippen molar-refractivity contribution in [2.45, 2.75) is 10.9 Å². The number of para-hydroxylation sites is 1. The number of nitrogens with one attached hydrogen (secondary N) is 3. The van der Waals surface area contributed by atoms with Crippen LogP contribution in [0.4, 0.5) is 11.4 Å². The monoisotopic (exact) mass is 593 g/mol. The molecule has 2 aliphatic rings. The minimum Gasteiger partial charge on any atom is -0.455 e. The Morgan fingerprint density at radius 2 is 1.88 bits per heavy atom. The first-order valence-corrected chi connectivity index (χ1v) is 14.6. The van der Waals surface area contributed by atoms with Crippen molar-refractivity contribution in [2.75, 3.05) is 44.8 Å². The highest BCUT2D eigenvalue weighted by Gasteiger charge is 2.30. The van der Waals surface area contributed by atoms with Crippen LogP contribution in [-0.2, 0) is 14.8 Å².